The van der Waals surface area contributed by atoms with Crippen LogP contribution in [0.2, 0.25) is 0 Å². The third kappa shape index (κ3) is 3.08. The smallest absolute Gasteiger partial charge is 0.252 e. The van der Waals surface area contributed by atoms with Gasteiger partial charge < -0.3 is 5.73 Å². The first-order valence-corrected chi connectivity index (χ1v) is 7.49. The van der Waals surface area contributed by atoms with Crippen LogP contribution in [-0.4, -0.2) is 37.7 Å². The summed E-state index contributed by atoms with van der Waals surface area (Å²) in [4.78, 5) is 11.3. The van der Waals surface area contributed by atoms with Gasteiger partial charge in [0.25, 0.3) is 5.95 Å². The molecule has 7 heteroatoms. The number of aromatic nitrogens is 4. The van der Waals surface area contributed by atoms with Crippen molar-refractivity contribution in [1.82, 2.24) is 24.6 Å². The maximum absolute atomic E-state index is 6.31. The molecule has 1 aliphatic rings. The Morgan fingerprint density at radius 1 is 1.23 bits per heavy atom. The second kappa shape index (κ2) is 6.62. The van der Waals surface area contributed by atoms with Gasteiger partial charge in [0, 0.05) is 36.5 Å². The summed E-state index contributed by atoms with van der Waals surface area (Å²) in [5.41, 5.74) is 10.4. The van der Waals surface area contributed by atoms with E-state index >= 15 is 0 Å². The summed E-state index contributed by atoms with van der Waals surface area (Å²) in [5, 5.41) is 4.64. The Balaban J connectivity index is 0.00000176. The number of aryl methyl sites for hydroxylation is 2. The van der Waals surface area contributed by atoms with Crippen molar-refractivity contribution in [3.63, 3.8) is 0 Å². The van der Waals surface area contributed by atoms with E-state index in [4.69, 9.17) is 5.73 Å². The van der Waals surface area contributed by atoms with E-state index in [2.05, 4.69) is 26.9 Å². The van der Waals surface area contributed by atoms with Crippen LogP contribution in [0.4, 0.5) is 5.82 Å². The lowest BCUT2D eigenvalue weighted by atomic mass is 10.1. The summed E-state index contributed by atoms with van der Waals surface area (Å²) in [6.07, 6.45) is 2.10. The number of rotatable bonds is 3. The van der Waals surface area contributed by atoms with E-state index in [1.807, 2.05) is 19.9 Å². The molecule has 22 heavy (non-hydrogen) atoms. The van der Waals surface area contributed by atoms with Crippen molar-refractivity contribution in [2.24, 2.45) is 0 Å². The largest absolute Gasteiger partial charge is 0.383 e. The second-order valence-electron chi connectivity index (χ2n) is 5.70. The number of fused-ring (bicyclic) bond motifs is 1. The molecule has 0 saturated carbocycles. The average molecular weight is 323 g/mol. The molecule has 2 aromatic heterocycles. The molecule has 0 aliphatic carbocycles. The van der Waals surface area contributed by atoms with Crippen molar-refractivity contribution >= 4 is 18.2 Å². The van der Waals surface area contributed by atoms with Crippen LogP contribution in [0, 0.1) is 13.8 Å². The standard InChI is InChI=1S/C15H22N6.ClH/c1-4-6-20-7-5-13-12(9-20)14(16)21(19-13)15-17-10(2)8-11(3)18-15;/h8H,4-7,9,16H2,1-3H3;1H. The quantitative estimate of drug-likeness (QED) is 0.936. The minimum atomic E-state index is 0. The fraction of sp³-hybridized carbons (Fsp3) is 0.533. The molecule has 6 nitrogen and oxygen atoms in total. The zero-order valence-electron chi connectivity index (χ0n) is 13.3. The van der Waals surface area contributed by atoms with Crippen LogP contribution in [0.25, 0.3) is 5.95 Å². The van der Waals surface area contributed by atoms with Crippen LogP contribution in [0.3, 0.4) is 0 Å². The normalized spacial score (nSPS) is 14.5. The predicted molar refractivity (Wildman–Crippen MR) is 89.6 cm³/mol. The molecule has 3 heterocycles. The van der Waals surface area contributed by atoms with E-state index < -0.39 is 0 Å². The Kier molecular flexibility index (Phi) is 5.03. The third-order valence-corrected chi connectivity index (χ3v) is 3.85. The molecule has 0 atom stereocenters. The van der Waals surface area contributed by atoms with Crippen molar-refractivity contribution in [1.29, 1.82) is 0 Å². The molecule has 0 aromatic carbocycles. The molecule has 0 fully saturated rings. The zero-order valence-corrected chi connectivity index (χ0v) is 14.2. The predicted octanol–water partition coefficient (Wildman–Crippen LogP) is 2.05. The van der Waals surface area contributed by atoms with Crippen LogP contribution >= 0.6 is 12.4 Å². The van der Waals surface area contributed by atoms with Crippen molar-refractivity contribution in [2.45, 2.75) is 40.2 Å². The van der Waals surface area contributed by atoms with Gasteiger partial charge in [-0.1, -0.05) is 6.92 Å². The van der Waals surface area contributed by atoms with Crippen LogP contribution in [-0.2, 0) is 13.0 Å². The third-order valence-electron chi connectivity index (χ3n) is 3.85. The Bertz CT molecular complexity index is 646. The van der Waals surface area contributed by atoms with Gasteiger partial charge in [0.1, 0.15) is 5.82 Å². The molecule has 2 N–H and O–H groups in total. The van der Waals surface area contributed by atoms with Gasteiger partial charge in [-0.25, -0.2) is 9.97 Å². The molecule has 0 saturated heterocycles. The fourth-order valence-electron chi connectivity index (χ4n) is 2.91. The van der Waals surface area contributed by atoms with Gasteiger partial charge in [0.2, 0.25) is 0 Å². The summed E-state index contributed by atoms with van der Waals surface area (Å²) in [7, 11) is 0. The molecule has 120 valence electrons. The number of nitrogens with two attached hydrogens (primary N) is 1. The number of hydrogen-bond acceptors (Lipinski definition) is 5. The van der Waals surface area contributed by atoms with Gasteiger partial charge in [-0.15, -0.1) is 12.4 Å². The van der Waals surface area contributed by atoms with Crippen LogP contribution in [0.15, 0.2) is 6.07 Å². The Morgan fingerprint density at radius 3 is 2.55 bits per heavy atom. The molecule has 0 spiro atoms. The second-order valence-corrected chi connectivity index (χ2v) is 5.70. The number of halogens is 1. The number of nitrogen functional groups attached to an aromatic ring is 1. The minimum absolute atomic E-state index is 0. The molecular weight excluding hydrogens is 300 g/mol. The van der Waals surface area contributed by atoms with E-state index in [1.54, 1.807) is 4.68 Å². The number of anilines is 1. The first kappa shape index (κ1) is 16.7. The lowest BCUT2D eigenvalue weighted by Crippen LogP contribution is -2.31. The summed E-state index contributed by atoms with van der Waals surface area (Å²) in [5.74, 6) is 1.25. The summed E-state index contributed by atoms with van der Waals surface area (Å²) >= 11 is 0. The highest BCUT2D eigenvalue weighted by atomic mass is 35.5. The van der Waals surface area contributed by atoms with Gasteiger partial charge in [0.15, 0.2) is 0 Å². The number of hydrogen-bond donors (Lipinski definition) is 1. The van der Waals surface area contributed by atoms with Gasteiger partial charge in [-0.05, 0) is 32.9 Å². The van der Waals surface area contributed by atoms with E-state index in [-0.39, 0.29) is 12.4 Å². The van der Waals surface area contributed by atoms with Gasteiger partial charge in [0.05, 0.1) is 5.69 Å². The summed E-state index contributed by atoms with van der Waals surface area (Å²) in [6.45, 7) is 9.14. The SMILES string of the molecule is CCCN1CCc2nn(-c3nc(C)cc(C)n3)c(N)c2C1.Cl. The Labute approximate surface area is 137 Å². The summed E-state index contributed by atoms with van der Waals surface area (Å²) in [6, 6.07) is 1.95. The molecule has 1 aliphatic heterocycles. The molecule has 2 aromatic rings. The number of nitrogens with zero attached hydrogens (tertiary/aromatic N) is 5. The van der Waals surface area contributed by atoms with E-state index in [9.17, 15) is 0 Å². The molecule has 0 radical (unpaired) electrons. The topological polar surface area (TPSA) is 72.9 Å². The zero-order chi connectivity index (χ0) is 15.0. The first-order chi connectivity index (χ1) is 10.1. The van der Waals surface area contributed by atoms with E-state index in [0.717, 1.165) is 55.1 Å². The van der Waals surface area contributed by atoms with Crippen molar-refractivity contribution in [3.8, 4) is 5.95 Å². The van der Waals surface area contributed by atoms with Crippen LogP contribution in [0.5, 0.6) is 0 Å². The fourth-order valence-corrected chi connectivity index (χ4v) is 2.91. The maximum Gasteiger partial charge on any atom is 0.252 e. The molecular formula is C15H23ClN6. The Morgan fingerprint density at radius 2 is 1.91 bits per heavy atom. The monoisotopic (exact) mass is 322 g/mol. The first-order valence-electron chi connectivity index (χ1n) is 7.49. The maximum atomic E-state index is 6.31. The van der Waals surface area contributed by atoms with E-state index in [1.165, 1.54) is 0 Å². The summed E-state index contributed by atoms with van der Waals surface area (Å²) < 4.78 is 1.69. The van der Waals surface area contributed by atoms with Gasteiger partial charge in [-0.3, -0.25) is 4.90 Å². The molecule has 0 amide bonds. The van der Waals surface area contributed by atoms with E-state index in [0.29, 0.717) is 11.8 Å². The lowest BCUT2D eigenvalue weighted by Gasteiger charge is -2.25. The average Bonchev–Trinajstić information content (AvgIpc) is 2.75. The van der Waals surface area contributed by atoms with Gasteiger partial charge in [-0.2, -0.15) is 9.78 Å². The van der Waals surface area contributed by atoms with Crippen LogP contribution < -0.4 is 5.73 Å². The van der Waals surface area contributed by atoms with Crippen molar-refractivity contribution in [3.05, 3.63) is 28.7 Å². The van der Waals surface area contributed by atoms with Crippen molar-refractivity contribution in [2.75, 3.05) is 18.8 Å². The lowest BCUT2D eigenvalue weighted by molar-refractivity contribution is 0.254. The highest BCUT2D eigenvalue weighted by molar-refractivity contribution is 5.85. The highest BCUT2D eigenvalue weighted by Gasteiger charge is 2.24. The highest BCUT2D eigenvalue weighted by Crippen LogP contribution is 2.25. The van der Waals surface area contributed by atoms with Crippen LogP contribution in [0.1, 0.15) is 36.0 Å². The van der Waals surface area contributed by atoms with Gasteiger partial charge >= 0.3 is 0 Å². The molecule has 0 unspecified atom stereocenters. The molecule has 3 rings (SSSR count). The minimum Gasteiger partial charge on any atom is -0.383 e. The van der Waals surface area contributed by atoms with Crippen molar-refractivity contribution < 1.29 is 0 Å². The molecule has 0 bridgehead atoms. The Hall–Kier alpha value is -1.66.